The van der Waals surface area contributed by atoms with Gasteiger partial charge < -0.3 is 5.73 Å². The molecule has 0 saturated carbocycles. The molecule has 1 rings (SSSR count). The number of hydrogen-bond acceptors (Lipinski definition) is 4. The van der Waals surface area contributed by atoms with Gasteiger partial charge in [-0.2, -0.15) is 0 Å². The Morgan fingerprint density at radius 2 is 2.00 bits per heavy atom. The fourth-order valence-electron chi connectivity index (χ4n) is 1.01. The summed E-state index contributed by atoms with van der Waals surface area (Å²) in [5.41, 5.74) is 4.70. The Kier molecular flexibility index (Phi) is 2.91. The average Bonchev–Trinajstić information content (AvgIpc) is 2.06. The van der Waals surface area contributed by atoms with Crippen LogP contribution >= 0.6 is 0 Å². The number of anilines is 1. The van der Waals surface area contributed by atoms with Crippen LogP contribution in [0.4, 0.5) is 14.5 Å². The first kappa shape index (κ1) is 11.8. The van der Waals surface area contributed by atoms with E-state index in [1.807, 2.05) is 0 Å². The molecule has 1 aromatic heterocycles. The molecule has 0 unspecified atom stereocenters. The monoisotopic (exact) mass is 237 g/mol. The number of aromatic nitrogens is 1. The lowest BCUT2D eigenvalue weighted by atomic mass is 10.2. The highest BCUT2D eigenvalue weighted by atomic mass is 32.2. The van der Waals surface area contributed by atoms with Gasteiger partial charge in [0.05, 0.1) is 5.69 Å². The van der Waals surface area contributed by atoms with Crippen LogP contribution in [0.25, 0.3) is 0 Å². The molecule has 0 amide bonds. The standard InChI is InChI=1S/C7H9F2N3O2S/c1-3-2-4(6(8)9)12-7(5(3)10)15(11,13)14/h2,6H,10H2,1H3,(H2,11,13,14). The molecule has 0 bridgehead atoms. The zero-order chi connectivity index (χ0) is 11.8. The molecule has 84 valence electrons. The van der Waals surface area contributed by atoms with Crippen LogP contribution in [-0.2, 0) is 10.0 Å². The summed E-state index contributed by atoms with van der Waals surface area (Å²) in [7, 11) is -4.18. The first-order valence-electron chi connectivity index (χ1n) is 3.81. The van der Waals surface area contributed by atoms with E-state index in [2.05, 4.69) is 4.98 Å². The van der Waals surface area contributed by atoms with Crippen molar-refractivity contribution in [2.45, 2.75) is 18.4 Å². The Hall–Kier alpha value is -1.28. The molecule has 0 spiro atoms. The molecule has 0 fully saturated rings. The largest absolute Gasteiger partial charge is 0.396 e. The number of pyridine rings is 1. The van der Waals surface area contributed by atoms with Gasteiger partial charge >= 0.3 is 0 Å². The van der Waals surface area contributed by atoms with Gasteiger partial charge in [-0.15, -0.1) is 0 Å². The molecular formula is C7H9F2N3O2S. The Balaban J connectivity index is 3.52. The Bertz CT molecular complexity index is 487. The van der Waals surface area contributed by atoms with Crippen molar-refractivity contribution in [1.29, 1.82) is 0 Å². The minimum atomic E-state index is -4.18. The summed E-state index contributed by atoms with van der Waals surface area (Å²) in [5, 5.41) is 4.07. The lowest BCUT2D eigenvalue weighted by Crippen LogP contribution is -2.18. The van der Waals surface area contributed by atoms with E-state index < -0.39 is 27.2 Å². The maximum atomic E-state index is 12.3. The minimum Gasteiger partial charge on any atom is -0.396 e. The highest BCUT2D eigenvalue weighted by Crippen LogP contribution is 2.25. The molecule has 0 aliphatic heterocycles. The minimum absolute atomic E-state index is 0.198. The van der Waals surface area contributed by atoms with Crippen LogP contribution in [0.1, 0.15) is 17.7 Å². The molecule has 5 nitrogen and oxygen atoms in total. The predicted octanol–water partition coefficient (Wildman–Crippen LogP) is 0.557. The van der Waals surface area contributed by atoms with Crippen molar-refractivity contribution in [3.63, 3.8) is 0 Å². The third kappa shape index (κ3) is 2.39. The summed E-state index contributed by atoms with van der Waals surface area (Å²) in [6.45, 7) is 1.40. The second kappa shape index (κ2) is 3.70. The lowest BCUT2D eigenvalue weighted by molar-refractivity contribution is 0.145. The van der Waals surface area contributed by atoms with Gasteiger partial charge in [0.25, 0.3) is 16.4 Å². The number of sulfonamides is 1. The van der Waals surface area contributed by atoms with Gasteiger partial charge in [0.1, 0.15) is 5.69 Å². The van der Waals surface area contributed by atoms with Crippen molar-refractivity contribution in [3.8, 4) is 0 Å². The Morgan fingerprint density at radius 1 is 1.47 bits per heavy atom. The third-order valence-corrected chi connectivity index (χ3v) is 2.59. The third-order valence-electron chi connectivity index (χ3n) is 1.74. The smallest absolute Gasteiger partial charge is 0.280 e. The Labute approximate surface area is 85.2 Å². The molecular weight excluding hydrogens is 228 g/mol. The summed E-state index contributed by atoms with van der Waals surface area (Å²) in [5.74, 6) is 0. The Morgan fingerprint density at radius 3 is 2.40 bits per heavy atom. The number of primary sulfonamides is 1. The van der Waals surface area contributed by atoms with Crippen LogP contribution < -0.4 is 10.9 Å². The molecule has 1 aromatic rings. The van der Waals surface area contributed by atoms with Crippen molar-refractivity contribution in [1.82, 2.24) is 4.98 Å². The highest BCUT2D eigenvalue weighted by Gasteiger charge is 2.20. The van der Waals surface area contributed by atoms with Crippen molar-refractivity contribution in [2.24, 2.45) is 5.14 Å². The number of nitrogens with zero attached hydrogens (tertiary/aromatic N) is 1. The molecule has 0 aliphatic carbocycles. The number of aryl methyl sites for hydroxylation is 1. The zero-order valence-electron chi connectivity index (χ0n) is 7.74. The summed E-state index contributed by atoms with van der Waals surface area (Å²) in [6, 6.07) is 1.02. The summed E-state index contributed by atoms with van der Waals surface area (Å²) in [4.78, 5) is 3.22. The van der Waals surface area contributed by atoms with Gasteiger partial charge in [0.15, 0.2) is 5.03 Å². The van der Waals surface area contributed by atoms with Crippen LogP contribution in [0, 0.1) is 6.92 Å². The second-order valence-electron chi connectivity index (χ2n) is 2.93. The van der Waals surface area contributed by atoms with Crippen LogP contribution in [0.5, 0.6) is 0 Å². The normalized spacial score (nSPS) is 12.1. The number of nitrogen functional groups attached to an aromatic ring is 1. The first-order valence-corrected chi connectivity index (χ1v) is 5.36. The number of nitrogens with two attached hydrogens (primary N) is 2. The number of alkyl halides is 2. The topological polar surface area (TPSA) is 99.1 Å². The number of hydrogen-bond donors (Lipinski definition) is 2. The van der Waals surface area contributed by atoms with E-state index in [0.29, 0.717) is 0 Å². The number of halogens is 2. The predicted molar refractivity (Wildman–Crippen MR) is 49.7 cm³/mol. The van der Waals surface area contributed by atoms with Gasteiger partial charge in [-0.05, 0) is 18.6 Å². The molecule has 8 heteroatoms. The first-order chi connectivity index (χ1) is 6.73. The van der Waals surface area contributed by atoms with E-state index in [1.54, 1.807) is 0 Å². The maximum Gasteiger partial charge on any atom is 0.280 e. The van der Waals surface area contributed by atoms with E-state index in [0.717, 1.165) is 6.07 Å². The summed E-state index contributed by atoms with van der Waals surface area (Å²) < 4.78 is 46.6. The van der Waals surface area contributed by atoms with E-state index in [1.165, 1.54) is 6.92 Å². The van der Waals surface area contributed by atoms with Gasteiger partial charge in [-0.25, -0.2) is 27.3 Å². The fourth-order valence-corrected chi connectivity index (χ4v) is 1.71. The zero-order valence-corrected chi connectivity index (χ0v) is 8.55. The molecule has 1 heterocycles. The maximum absolute atomic E-state index is 12.3. The van der Waals surface area contributed by atoms with Crippen LogP contribution in [-0.4, -0.2) is 13.4 Å². The second-order valence-corrected chi connectivity index (χ2v) is 4.41. The van der Waals surface area contributed by atoms with Crippen molar-refractivity contribution in [2.75, 3.05) is 5.73 Å². The van der Waals surface area contributed by atoms with E-state index >= 15 is 0 Å². The lowest BCUT2D eigenvalue weighted by Gasteiger charge is -2.08. The van der Waals surface area contributed by atoms with Crippen molar-refractivity contribution in [3.05, 3.63) is 17.3 Å². The SMILES string of the molecule is Cc1cc(C(F)F)nc(S(N)(=O)=O)c1N. The molecule has 4 N–H and O–H groups in total. The van der Waals surface area contributed by atoms with Crippen LogP contribution in [0.15, 0.2) is 11.1 Å². The van der Waals surface area contributed by atoms with Gasteiger partial charge in [0, 0.05) is 0 Å². The molecule has 0 aromatic carbocycles. The number of rotatable bonds is 2. The van der Waals surface area contributed by atoms with E-state index in [4.69, 9.17) is 10.9 Å². The van der Waals surface area contributed by atoms with Crippen LogP contribution in [0.2, 0.25) is 0 Å². The van der Waals surface area contributed by atoms with Gasteiger partial charge in [-0.1, -0.05) is 0 Å². The molecule has 0 saturated heterocycles. The van der Waals surface area contributed by atoms with Crippen molar-refractivity contribution >= 4 is 15.7 Å². The highest BCUT2D eigenvalue weighted by molar-refractivity contribution is 7.89. The summed E-state index contributed by atoms with van der Waals surface area (Å²) >= 11 is 0. The van der Waals surface area contributed by atoms with E-state index in [9.17, 15) is 17.2 Å². The molecule has 0 atom stereocenters. The van der Waals surface area contributed by atoms with Crippen molar-refractivity contribution < 1.29 is 17.2 Å². The fraction of sp³-hybridized carbons (Fsp3) is 0.286. The molecule has 0 radical (unpaired) electrons. The van der Waals surface area contributed by atoms with Gasteiger partial charge in [-0.3, -0.25) is 0 Å². The average molecular weight is 237 g/mol. The van der Waals surface area contributed by atoms with Crippen LogP contribution in [0.3, 0.4) is 0 Å². The summed E-state index contributed by atoms with van der Waals surface area (Å²) in [6.07, 6.45) is -2.87. The van der Waals surface area contributed by atoms with E-state index in [-0.39, 0.29) is 11.3 Å². The molecule has 0 aliphatic rings. The quantitative estimate of drug-likeness (QED) is 0.784. The van der Waals surface area contributed by atoms with Gasteiger partial charge in [0.2, 0.25) is 0 Å². The molecule has 15 heavy (non-hydrogen) atoms.